The molecule has 2 aromatic rings. The second-order valence-corrected chi connectivity index (χ2v) is 11.2. The van der Waals surface area contributed by atoms with Crippen molar-refractivity contribution in [2.24, 2.45) is 5.11 Å². The summed E-state index contributed by atoms with van der Waals surface area (Å²) in [6.07, 6.45) is 3.83. The number of carbonyl (C=O) groups excluding carboxylic acids is 1. The summed E-state index contributed by atoms with van der Waals surface area (Å²) in [5.74, 6) is -0.435. The van der Waals surface area contributed by atoms with Gasteiger partial charge < -0.3 is 14.0 Å². The summed E-state index contributed by atoms with van der Waals surface area (Å²) in [6, 6.07) is 5.23. The number of ether oxygens (including phenoxy) is 2. The highest BCUT2D eigenvalue weighted by atomic mass is 31.2. The first kappa shape index (κ1) is 31.1. The second-order valence-electron chi connectivity index (χ2n) is 9.48. The fourth-order valence-electron chi connectivity index (χ4n) is 4.19. The maximum absolute atomic E-state index is 13.8. The molecule has 14 nitrogen and oxygen atoms in total. The zero-order chi connectivity index (χ0) is 29.3. The smallest absolute Gasteiger partial charge is 0.459 e. The van der Waals surface area contributed by atoms with Gasteiger partial charge in [0, 0.05) is 23.1 Å². The molecular weight excluding hydrogens is 543 g/mol. The standard InChI is InChI=1S/C25H35N6O8P/c1-5-6-7-8-18-9-11-19(12-10-18)39-40(35,29-17(3)24(33)36-4)37-15-21-20(28-30-26)13-22(38-21)31-14-16(2)23(32)27-25(31)34/h9-12,14,17,20-22H,5-8,13,15H2,1-4H3,(H,29,35)(H,27,32,34)/t17-,20-,21+,22+,40?/m0/s1. The van der Waals surface area contributed by atoms with Crippen molar-refractivity contribution in [1.82, 2.24) is 14.6 Å². The minimum absolute atomic E-state index is 0.0973. The fourth-order valence-corrected chi connectivity index (χ4v) is 5.69. The van der Waals surface area contributed by atoms with E-state index in [9.17, 15) is 18.9 Å². The molecule has 1 aliphatic heterocycles. The van der Waals surface area contributed by atoms with Crippen molar-refractivity contribution >= 4 is 13.7 Å². The van der Waals surface area contributed by atoms with Crippen molar-refractivity contribution in [3.05, 3.63) is 72.9 Å². The number of esters is 1. The number of methoxy groups -OCH3 is 1. The number of aromatic nitrogens is 2. The van der Waals surface area contributed by atoms with Gasteiger partial charge in [-0.2, -0.15) is 5.09 Å². The van der Waals surface area contributed by atoms with Crippen molar-refractivity contribution in [3.63, 3.8) is 0 Å². The number of hydrogen-bond donors (Lipinski definition) is 2. The van der Waals surface area contributed by atoms with Crippen LogP contribution in [-0.2, 0) is 29.8 Å². The molecule has 0 saturated carbocycles. The molecule has 1 saturated heterocycles. The van der Waals surface area contributed by atoms with Crippen LogP contribution in [0.3, 0.4) is 0 Å². The van der Waals surface area contributed by atoms with E-state index in [1.54, 1.807) is 12.1 Å². The molecule has 2 N–H and O–H groups in total. The van der Waals surface area contributed by atoms with E-state index >= 15 is 0 Å². The quantitative estimate of drug-likeness (QED) is 0.0837. The van der Waals surface area contributed by atoms with Crippen LogP contribution in [0.1, 0.15) is 56.9 Å². The monoisotopic (exact) mass is 578 g/mol. The minimum atomic E-state index is -4.20. The Morgan fingerprint density at radius 3 is 2.70 bits per heavy atom. The molecule has 1 fully saturated rings. The van der Waals surface area contributed by atoms with Gasteiger partial charge in [0.15, 0.2) is 0 Å². The van der Waals surface area contributed by atoms with Gasteiger partial charge in [0.1, 0.15) is 18.0 Å². The van der Waals surface area contributed by atoms with Crippen LogP contribution >= 0.6 is 7.75 Å². The Bertz CT molecular complexity index is 1370. The third kappa shape index (κ3) is 8.30. The normalized spacial score (nSPS) is 20.8. The fraction of sp³-hybridized carbons (Fsp3) is 0.560. The van der Waals surface area contributed by atoms with E-state index in [-0.39, 0.29) is 18.8 Å². The number of rotatable bonds is 14. The van der Waals surface area contributed by atoms with Crippen LogP contribution in [0.4, 0.5) is 0 Å². The van der Waals surface area contributed by atoms with Crippen LogP contribution in [0.5, 0.6) is 5.75 Å². The predicted molar refractivity (Wildman–Crippen MR) is 146 cm³/mol. The van der Waals surface area contributed by atoms with Gasteiger partial charge in [0.2, 0.25) is 0 Å². The largest absolute Gasteiger partial charge is 0.468 e. The lowest BCUT2D eigenvalue weighted by Crippen LogP contribution is -2.36. The lowest BCUT2D eigenvalue weighted by Gasteiger charge is -2.24. The molecule has 0 radical (unpaired) electrons. The Balaban J connectivity index is 1.78. The molecular formula is C25H35N6O8P. The van der Waals surface area contributed by atoms with E-state index in [1.807, 2.05) is 12.1 Å². The van der Waals surface area contributed by atoms with Crippen LogP contribution in [-0.4, -0.2) is 47.4 Å². The Labute approximate surface area is 231 Å². The minimum Gasteiger partial charge on any atom is -0.468 e. The van der Waals surface area contributed by atoms with Crippen LogP contribution in [0.25, 0.3) is 10.4 Å². The van der Waals surface area contributed by atoms with Crippen molar-refractivity contribution in [2.75, 3.05) is 13.7 Å². The summed E-state index contributed by atoms with van der Waals surface area (Å²) in [7, 11) is -3.00. The molecule has 2 heterocycles. The van der Waals surface area contributed by atoms with E-state index in [2.05, 4.69) is 27.0 Å². The summed E-state index contributed by atoms with van der Waals surface area (Å²) >= 11 is 0. The van der Waals surface area contributed by atoms with Gasteiger partial charge >= 0.3 is 19.4 Å². The number of nitrogens with zero attached hydrogens (tertiary/aromatic N) is 4. The zero-order valence-electron chi connectivity index (χ0n) is 22.9. The zero-order valence-corrected chi connectivity index (χ0v) is 23.8. The topological polar surface area (TPSA) is 187 Å². The molecule has 1 aliphatic rings. The van der Waals surface area contributed by atoms with Crippen molar-refractivity contribution in [2.45, 2.75) is 77.3 Å². The lowest BCUT2D eigenvalue weighted by molar-refractivity contribution is -0.142. The molecule has 0 spiro atoms. The highest BCUT2D eigenvalue weighted by Gasteiger charge is 2.40. The van der Waals surface area contributed by atoms with Gasteiger partial charge in [-0.1, -0.05) is 37.0 Å². The number of azide groups is 1. The van der Waals surface area contributed by atoms with Crippen LogP contribution < -0.4 is 20.9 Å². The molecule has 218 valence electrons. The third-order valence-corrected chi connectivity index (χ3v) is 8.04. The Hall–Kier alpha value is -3.41. The maximum Gasteiger partial charge on any atom is 0.459 e. The molecule has 0 aliphatic carbocycles. The van der Waals surface area contributed by atoms with E-state index in [1.165, 1.54) is 31.7 Å². The number of hydrogen-bond acceptors (Lipinski definition) is 9. The van der Waals surface area contributed by atoms with Gasteiger partial charge in [-0.25, -0.2) is 9.36 Å². The number of H-pyrrole nitrogens is 1. The first-order valence-electron chi connectivity index (χ1n) is 13.0. The number of benzene rings is 1. The number of carbonyl (C=O) groups is 1. The third-order valence-electron chi connectivity index (χ3n) is 6.39. The second kappa shape index (κ2) is 14.3. The average molecular weight is 579 g/mol. The summed E-state index contributed by atoms with van der Waals surface area (Å²) in [4.78, 5) is 41.2. The van der Waals surface area contributed by atoms with Gasteiger partial charge in [0.05, 0.1) is 25.9 Å². The maximum atomic E-state index is 13.8. The molecule has 0 bridgehead atoms. The van der Waals surface area contributed by atoms with Crippen LogP contribution in [0, 0.1) is 6.92 Å². The Morgan fingerprint density at radius 1 is 1.32 bits per heavy atom. The number of unbranched alkanes of at least 4 members (excludes halogenated alkanes) is 2. The van der Waals surface area contributed by atoms with Crippen molar-refractivity contribution in [1.29, 1.82) is 0 Å². The van der Waals surface area contributed by atoms with Gasteiger partial charge in [-0.15, -0.1) is 0 Å². The first-order chi connectivity index (χ1) is 19.1. The van der Waals surface area contributed by atoms with E-state index < -0.39 is 49.4 Å². The summed E-state index contributed by atoms with van der Waals surface area (Å²) in [5.41, 5.74) is 9.23. The Morgan fingerprint density at radius 2 is 2.05 bits per heavy atom. The number of nitrogens with one attached hydrogen (secondary N) is 2. The van der Waals surface area contributed by atoms with Crippen molar-refractivity contribution < 1.29 is 27.9 Å². The number of aryl methyl sites for hydroxylation is 2. The molecule has 1 aromatic heterocycles. The highest BCUT2D eigenvalue weighted by Crippen LogP contribution is 2.46. The van der Waals surface area contributed by atoms with E-state index in [0.29, 0.717) is 5.56 Å². The molecule has 3 rings (SSSR count). The number of aromatic amines is 1. The van der Waals surface area contributed by atoms with E-state index in [0.717, 1.165) is 31.2 Å². The summed E-state index contributed by atoms with van der Waals surface area (Å²) in [6.45, 7) is 4.74. The van der Waals surface area contributed by atoms with Gasteiger partial charge in [-0.05, 0) is 49.9 Å². The molecule has 0 amide bonds. The Kier molecular flexibility index (Phi) is 11.1. The SMILES string of the molecule is CCCCCc1ccc(OP(=O)(N[C@@H](C)C(=O)OC)OC[C@H]2O[C@@H](n3cc(C)c(=O)[nH]c3=O)C[C@@H]2N=[N+]=[N-])cc1. The van der Waals surface area contributed by atoms with Crippen molar-refractivity contribution in [3.8, 4) is 5.75 Å². The predicted octanol–water partition coefficient (Wildman–Crippen LogP) is 3.90. The molecule has 40 heavy (non-hydrogen) atoms. The average Bonchev–Trinajstić information content (AvgIpc) is 3.32. The van der Waals surface area contributed by atoms with Gasteiger partial charge in [-0.3, -0.25) is 23.7 Å². The molecule has 5 atom stereocenters. The van der Waals surface area contributed by atoms with E-state index in [4.69, 9.17) is 24.1 Å². The van der Waals surface area contributed by atoms with Gasteiger partial charge in [0.25, 0.3) is 5.56 Å². The van der Waals surface area contributed by atoms with Crippen LogP contribution in [0.2, 0.25) is 0 Å². The lowest BCUT2D eigenvalue weighted by atomic mass is 10.1. The molecule has 1 unspecified atom stereocenters. The first-order valence-corrected chi connectivity index (χ1v) is 14.5. The highest BCUT2D eigenvalue weighted by molar-refractivity contribution is 7.52. The summed E-state index contributed by atoms with van der Waals surface area (Å²) in [5, 5.41) is 6.31. The molecule has 15 heteroatoms. The van der Waals surface area contributed by atoms with Crippen LogP contribution in [0.15, 0.2) is 45.2 Å². The molecule has 1 aromatic carbocycles. The summed E-state index contributed by atoms with van der Waals surface area (Å²) < 4.78 is 37.0.